The predicted octanol–water partition coefficient (Wildman–Crippen LogP) is 2.65. The van der Waals surface area contributed by atoms with Crippen LogP contribution < -0.4 is 5.73 Å². The van der Waals surface area contributed by atoms with Crippen LogP contribution in [0.4, 0.5) is 5.95 Å². The first kappa shape index (κ1) is 10.2. The van der Waals surface area contributed by atoms with Crippen LogP contribution in [0, 0.1) is 6.92 Å². The molecule has 4 heteroatoms. The number of nitrogens with zero attached hydrogens (tertiary/aromatic N) is 1. The second-order valence-electron chi connectivity index (χ2n) is 3.46. The van der Waals surface area contributed by atoms with Crippen LogP contribution in [0.25, 0.3) is 0 Å². The third-order valence-corrected chi connectivity index (χ3v) is 3.09. The number of halogens is 1. The van der Waals surface area contributed by atoms with Gasteiger partial charge in [-0.2, -0.15) is 0 Å². The molecule has 0 atom stereocenters. The Labute approximate surface area is 96.9 Å². The van der Waals surface area contributed by atoms with E-state index in [1.807, 2.05) is 25.1 Å². The summed E-state index contributed by atoms with van der Waals surface area (Å²) in [7, 11) is 0. The molecule has 3 nitrogen and oxygen atoms in total. The van der Waals surface area contributed by atoms with E-state index in [-0.39, 0.29) is 0 Å². The Morgan fingerprint density at radius 2 is 2.13 bits per heavy atom. The summed E-state index contributed by atoms with van der Waals surface area (Å²) in [5, 5.41) is 0. The van der Waals surface area contributed by atoms with E-state index in [0.29, 0.717) is 5.95 Å². The van der Waals surface area contributed by atoms with Gasteiger partial charge in [0, 0.05) is 16.6 Å². The number of nitrogens with one attached hydrogen (secondary N) is 1. The number of rotatable bonds is 2. The van der Waals surface area contributed by atoms with Crippen molar-refractivity contribution >= 4 is 21.9 Å². The molecule has 0 bridgehead atoms. The van der Waals surface area contributed by atoms with E-state index >= 15 is 0 Å². The molecule has 3 N–H and O–H groups in total. The number of aryl methyl sites for hydroxylation is 1. The number of nitrogens with two attached hydrogens (primary N) is 1. The fourth-order valence-electron chi connectivity index (χ4n) is 1.52. The molecule has 0 fully saturated rings. The standard InChI is InChI=1S/C11H12BrN3/c1-7-10(15-11(13)14-7)6-8-4-2-3-5-9(8)12/h2-5H,6H2,1H3,(H3,13,14,15). The van der Waals surface area contributed by atoms with Gasteiger partial charge in [-0.3, -0.25) is 0 Å². The lowest BCUT2D eigenvalue weighted by atomic mass is 10.1. The Kier molecular flexibility index (Phi) is 2.77. The summed E-state index contributed by atoms with van der Waals surface area (Å²) in [5.74, 6) is 0.481. The SMILES string of the molecule is Cc1[nH]c(N)nc1Cc1ccccc1Br. The molecule has 0 aliphatic heterocycles. The van der Waals surface area contributed by atoms with Crippen molar-refractivity contribution in [1.29, 1.82) is 0 Å². The second kappa shape index (κ2) is 4.06. The lowest BCUT2D eigenvalue weighted by Gasteiger charge is -2.02. The number of H-pyrrole nitrogens is 1. The first-order valence-electron chi connectivity index (χ1n) is 4.71. The first-order valence-corrected chi connectivity index (χ1v) is 5.50. The fraction of sp³-hybridized carbons (Fsp3) is 0.182. The highest BCUT2D eigenvalue weighted by atomic mass is 79.9. The van der Waals surface area contributed by atoms with Gasteiger partial charge in [-0.1, -0.05) is 34.1 Å². The highest BCUT2D eigenvalue weighted by Crippen LogP contribution is 2.20. The minimum absolute atomic E-state index is 0.481. The summed E-state index contributed by atoms with van der Waals surface area (Å²) in [6, 6.07) is 8.12. The van der Waals surface area contributed by atoms with Crippen molar-refractivity contribution in [3.63, 3.8) is 0 Å². The van der Waals surface area contributed by atoms with E-state index in [0.717, 1.165) is 22.3 Å². The van der Waals surface area contributed by atoms with Gasteiger partial charge >= 0.3 is 0 Å². The van der Waals surface area contributed by atoms with Gasteiger partial charge in [0.05, 0.1) is 5.69 Å². The van der Waals surface area contributed by atoms with Gasteiger partial charge in [0.1, 0.15) is 0 Å². The maximum Gasteiger partial charge on any atom is 0.197 e. The van der Waals surface area contributed by atoms with E-state index in [1.165, 1.54) is 5.56 Å². The zero-order valence-electron chi connectivity index (χ0n) is 8.42. The molecule has 15 heavy (non-hydrogen) atoms. The van der Waals surface area contributed by atoms with E-state index in [1.54, 1.807) is 0 Å². The molecule has 0 amide bonds. The molecule has 0 spiro atoms. The zero-order chi connectivity index (χ0) is 10.8. The largest absolute Gasteiger partial charge is 0.369 e. The maximum atomic E-state index is 5.59. The molecule has 2 rings (SSSR count). The van der Waals surface area contributed by atoms with Crippen LogP contribution in [0.1, 0.15) is 17.0 Å². The number of benzene rings is 1. The average Bonchev–Trinajstić information content (AvgIpc) is 2.49. The van der Waals surface area contributed by atoms with Gasteiger partial charge in [-0.25, -0.2) is 4.98 Å². The Balaban J connectivity index is 2.29. The number of imidazole rings is 1. The summed E-state index contributed by atoms with van der Waals surface area (Å²) in [6.45, 7) is 1.98. The molecule has 1 aromatic heterocycles. The van der Waals surface area contributed by atoms with Gasteiger partial charge in [0.15, 0.2) is 5.95 Å². The summed E-state index contributed by atoms with van der Waals surface area (Å²) >= 11 is 3.52. The normalized spacial score (nSPS) is 10.5. The fourth-order valence-corrected chi connectivity index (χ4v) is 1.94. The zero-order valence-corrected chi connectivity index (χ0v) is 10.0. The van der Waals surface area contributed by atoms with Crippen LogP contribution in [0.5, 0.6) is 0 Å². The molecular formula is C11H12BrN3. The van der Waals surface area contributed by atoms with Gasteiger partial charge in [0.2, 0.25) is 0 Å². The average molecular weight is 266 g/mol. The first-order chi connectivity index (χ1) is 7.16. The van der Waals surface area contributed by atoms with E-state index in [9.17, 15) is 0 Å². The Morgan fingerprint density at radius 3 is 2.73 bits per heavy atom. The van der Waals surface area contributed by atoms with Crippen LogP contribution in [-0.2, 0) is 6.42 Å². The minimum Gasteiger partial charge on any atom is -0.369 e. The summed E-state index contributed by atoms with van der Waals surface area (Å²) in [5.41, 5.74) is 8.84. The summed E-state index contributed by atoms with van der Waals surface area (Å²) in [6.07, 6.45) is 0.793. The van der Waals surface area contributed by atoms with Crippen LogP contribution in [-0.4, -0.2) is 9.97 Å². The Hall–Kier alpha value is -1.29. The van der Waals surface area contributed by atoms with Crippen LogP contribution in [0.2, 0.25) is 0 Å². The maximum absolute atomic E-state index is 5.59. The van der Waals surface area contributed by atoms with E-state index < -0.39 is 0 Å². The molecule has 1 aromatic carbocycles. The molecule has 0 saturated carbocycles. The highest BCUT2D eigenvalue weighted by Gasteiger charge is 2.07. The third kappa shape index (κ3) is 2.21. The third-order valence-electron chi connectivity index (χ3n) is 2.32. The predicted molar refractivity (Wildman–Crippen MR) is 64.7 cm³/mol. The molecule has 2 aromatic rings. The van der Waals surface area contributed by atoms with Crippen molar-refractivity contribution in [2.24, 2.45) is 0 Å². The summed E-state index contributed by atoms with van der Waals surface area (Å²) < 4.78 is 1.10. The number of aromatic nitrogens is 2. The number of hydrogen-bond acceptors (Lipinski definition) is 2. The molecule has 78 valence electrons. The minimum atomic E-state index is 0.481. The molecule has 0 radical (unpaired) electrons. The Morgan fingerprint density at radius 1 is 1.40 bits per heavy atom. The second-order valence-corrected chi connectivity index (χ2v) is 4.32. The van der Waals surface area contributed by atoms with Gasteiger partial charge < -0.3 is 10.7 Å². The van der Waals surface area contributed by atoms with Crippen molar-refractivity contribution in [1.82, 2.24) is 9.97 Å². The van der Waals surface area contributed by atoms with Crippen molar-refractivity contribution in [2.75, 3.05) is 5.73 Å². The molecule has 1 heterocycles. The number of anilines is 1. The van der Waals surface area contributed by atoms with Crippen LogP contribution in [0.15, 0.2) is 28.7 Å². The quantitative estimate of drug-likeness (QED) is 0.877. The summed E-state index contributed by atoms with van der Waals surface area (Å²) in [4.78, 5) is 7.25. The van der Waals surface area contributed by atoms with E-state index in [2.05, 4.69) is 32.0 Å². The smallest absolute Gasteiger partial charge is 0.197 e. The van der Waals surface area contributed by atoms with Crippen molar-refractivity contribution in [3.8, 4) is 0 Å². The van der Waals surface area contributed by atoms with Crippen LogP contribution >= 0.6 is 15.9 Å². The van der Waals surface area contributed by atoms with Crippen LogP contribution in [0.3, 0.4) is 0 Å². The molecular weight excluding hydrogens is 254 g/mol. The Bertz CT molecular complexity index is 476. The van der Waals surface area contributed by atoms with Crippen molar-refractivity contribution < 1.29 is 0 Å². The molecule has 0 saturated heterocycles. The van der Waals surface area contributed by atoms with Gasteiger partial charge in [-0.05, 0) is 18.6 Å². The van der Waals surface area contributed by atoms with Gasteiger partial charge in [0.25, 0.3) is 0 Å². The molecule has 0 aliphatic carbocycles. The lowest BCUT2D eigenvalue weighted by molar-refractivity contribution is 1.07. The molecule has 0 aliphatic rings. The topological polar surface area (TPSA) is 54.7 Å². The number of hydrogen-bond donors (Lipinski definition) is 2. The van der Waals surface area contributed by atoms with Crippen molar-refractivity contribution in [2.45, 2.75) is 13.3 Å². The number of nitrogen functional groups attached to an aromatic ring is 1. The molecule has 0 unspecified atom stereocenters. The van der Waals surface area contributed by atoms with Crippen molar-refractivity contribution in [3.05, 3.63) is 45.7 Å². The number of aromatic amines is 1. The lowest BCUT2D eigenvalue weighted by Crippen LogP contribution is -1.92. The highest BCUT2D eigenvalue weighted by molar-refractivity contribution is 9.10. The van der Waals surface area contributed by atoms with E-state index in [4.69, 9.17) is 5.73 Å². The monoisotopic (exact) mass is 265 g/mol. The van der Waals surface area contributed by atoms with Gasteiger partial charge in [-0.15, -0.1) is 0 Å².